The molecule has 0 aromatic heterocycles. The van der Waals surface area contributed by atoms with Crippen LogP contribution in [0, 0.1) is 11.8 Å². The standard InChI is InChI=1S/C17H17NO6/c1-22-9-3-4-10(12(7-9)23-2)18-8-17-6-5-11(24-17)13(16(20)21)14(17)15(18)19/h3-7,11,13-14H,8H2,1-2H3,(H,20,21)/p-1/t11-,13-,14-,17-/m1/s1. The molecular weight excluding hydrogens is 314 g/mol. The molecule has 0 unspecified atom stereocenters. The molecule has 1 spiro atoms. The fraction of sp³-hybridized carbons (Fsp3) is 0.412. The van der Waals surface area contributed by atoms with Gasteiger partial charge in [-0.3, -0.25) is 4.79 Å². The Labute approximate surface area is 138 Å². The monoisotopic (exact) mass is 330 g/mol. The summed E-state index contributed by atoms with van der Waals surface area (Å²) >= 11 is 0. The third-order valence-electron chi connectivity index (χ3n) is 5.05. The quantitative estimate of drug-likeness (QED) is 0.707. The number of carbonyl (C=O) groups excluding carboxylic acids is 2. The van der Waals surface area contributed by atoms with E-state index in [1.165, 1.54) is 12.0 Å². The molecule has 7 nitrogen and oxygen atoms in total. The van der Waals surface area contributed by atoms with Crippen LogP contribution in [0.25, 0.3) is 0 Å². The lowest BCUT2D eigenvalue weighted by molar-refractivity contribution is -0.313. The number of aliphatic carboxylic acids is 1. The molecule has 4 atom stereocenters. The highest BCUT2D eigenvalue weighted by Gasteiger charge is 2.65. The first-order valence-corrected chi connectivity index (χ1v) is 7.62. The van der Waals surface area contributed by atoms with Crippen molar-refractivity contribution in [2.75, 3.05) is 25.7 Å². The largest absolute Gasteiger partial charge is 0.550 e. The molecule has 1 aromatic carbocycles. The second-order valence-electron chi connectivity index (χ2n) is 6.18. The second kappa shape index (κ2) is 4.98. The van der Waals surface area contributed by atoms with Gasteiger partial charge in [-0.25, -0.2) is 0 Å². The Morgan fingerprint density at radius 3 is 2.83 bits per heavy atom. The van der Waals surface area contributed by atoms with Crippen LogP contribution in [0.15, 0.2) is 30.4 Å². The fourth-order valence-electron chi connectivity index (χ4n) is 3.98. The first kappa shape index (κ1) is 15.0. The molecule has 126 valence electrons. The van der Waals surface area contributed by atoms with Crippen molar-refractivity contribution >= 4 is 17.6 Å². The van der Waals surface area contributed by atoms with Crippen LogP contribution < -0.4 is 19.5 Å². The lowest BCUT2D eigenvalue weighted by Gasteiger charge is -2.24. The Balaban J connectivity index is 1.74. The van der Waals surface area contributed by atoms with E-state index in [2.05, 4.69) is 0 Å². The SMILES string of the molecule is COc1ccc(N2C[C@@]34C=C[C@@H](O3)[C@@H](C(=O)[O-])[C@@H]4C2=O)c(OC)c1. The van der Waals surface area contributed by atoms with Crippen molar-refractivity contribution in [1.29, 1.82) is 0 Å². The molecule has 2 saturated heterocycles. The van der Waals surface area contributed by atoms with Gasteiger partial charge in [0.2, 0.25) is 5.91 Å². The summed E-state index contributed by atoms with van der Waals surface area (Å²) in [4.78, 5) is 26.0. The van der Waals surface area contributed by atoms with Gasteiger partial charge in [-0.1, -0.05) is 12.2 Å². The third-order valence-corrected chi connectivity index (χ3v) is 5.05. The highest BCUT2D eigenvalue weighted by atomic mass is 16.5. The summed E-state index contributed by atoms with van der Waals surface area (Å²) in [5, 5.41) is 11.5. The maximum Gasteiger partial charge on any atom is 0.234 e. The van der Waals surface area contributed by atoms with E-state index in [1.807, 2.05) is 0 Å². The van der Waals surface area contributed by atoms with Gasteiger partial charge in [0.25, 0.3) is 0 Å². The molecule has 2 bridgehead atoms. The molecule has 0 saturated carbocycles. The van der Waals surface area contributed by atoms with Crippen LogP contribution in [-0.2, 0) is 14.3 Å². The Morgan fingerprint density at radius 1 is 1.38 bits per heavy atom. The number of anilines is 1. The van der Waals surface area contributed by atoms with Crippen LogP contribution >= 0.6 is 0 Å². The van der Waals surface area contributed by atoms with Crippen molar-refractivity contribution in [3.63, 3.8) is 0 Å². The van der Waals surface area contributed by atoms with Crippen molar-refractivity contribution in [2.24, 2.45) is 11.8 Å². The number of nitrogens with zero attached hydrogens (tertiary/aromatic N) is 1. The van der Waals surface area contributed by atoms with E-state index in [9.17, 15) is 14.7 Å². The number of carboxylic acid groups (broad SMARTS) is 1. The lowest BCUT2D eigenvalue weighted by Crippen LogP contribution is -2.45. The van der Waals surface area contributed by atoms with E-state index in [0.29, 0.717) is 17.2 Å². The van der Waals surface area contributed by atoms with Crippen LogP contribution in [0.5, 0.6) is 11.5 Å². The van der Waals surface area contributed by atoms with Gasteiger partial charge in [-0.2, -0.15) is 0 Å². The fourth-order valence-corrected chi connectivity index (χ4v) is 3.98. The van der Waals surface area contributed by atoms with E-state index in [4.69, 9.17) is 14.2 Å². The minimum absolute atomic E-state index is 0.246. The minimum atomic E-state index is -1.26. The highest BCUT2D eigenvalue weighted by Crippen LogP contribution is 2.53. The molecule has 24 heavy (non-hydrogen) atoms. The third kappa shape index (κ3) is 1.81. The van der Waals surface area contributed by atoms with Gasteiger partial charge in [-0.05, 0) is 12.1 Å². The van der Waals surface area contributed by atoms with Gasteiger partial charge in [0.05, 0.1) is 38.5 Å². The summed E-state index contributed by atoms with van der Waals surface area (Å²) in [6.07, 6.45) is 2.91. The van der Waals surface area contributed by atoms with Crippen LogP contribution in [0.4, 0.5) is 5.69 Å². The van der Waals surface area contributed by atoms with Crippen molar-refractivity contribution in [3.8, 4) is 11.5 Å². The van der Waals surface area contributed by atoms with Crippen LogP contribution in [0.3, 0.4) is 0 Å². The number of hydrogen-bond donors (Lipinski definition) is 0. The maximum absolute atomic E-state index is 12.9. The Kier molecular flexibility index (Phi) is 3.11. The van der Waals surface area contributed by atoms with Crippen molar-refractivity contribution < 1.29 is 28.9 Å². The number of hydrogen-bond acceptors (Lipinski definition) is 6. The molecule has 3 heterocycles. The van der Waals surface area contributed by atoms with Crippen LogP contribution in [-0.4, -0.2) is 44.3 Å². The van der Waals surface area contributed by atoms with Gasteiger partial charge in [0.1, 0.15) is 17.1 Å². The van der Waals surface area contributed by atoms with Gasteiger partial charge >= 0.3 is 0 Å². The van der Waals surface area contributed by atoms with Gasteiger partial charge in [-0.15, -0.1) is 0 Å². The lowest BCUT2D eigenvalue weighted by atomic mass is 9.77. The molecule has 1 aromatic rings. The smallest absolute Gasteiger partial charge is 0.234 e. The van der Waals surface area contributed by atoms with Gasteiger partial charge in [0, 0.05) is 18.0 Å². The van der Waals surface area contributed by atoms with E-state index in [0.717, 1.165) is 0 Å². The summed E-state index contributed by atoms with van der Waals surface area (Å²) in [6.45, 7) is 0.246. The number of fused-ring (bicyclic) bond motifs is 1. The van der Waals surface area contributed by atoms with E-state index in [1.54, 1.807) is 37.5 Å². The molecule has 4 rings (SSSR count). The molecule has 7 heteroatoms. The summed E-state index contributed by atoms with van der Waals surface area (Å²) < 4.78 is 16.4. The van der Waals surface area contributed by atoms with Gasteiger partial charge < -0.3 is 29.0 Å². The molecule has 0 N–H and O–H groups in total. The zero-order valence-electron chi connectivity index (χ0n) is 13.2. The number of ether oxygens (including phenoxy) is 3. The topological polar surface area (TPSA) is 88.1 Å². The Bertz CT molecular complexity index is 759. The van der Waals surface area contributed by atoms with Crippen LogP contribution in [0.1, 0.15) is 0 Å². The van der Waals surface area contributed by atoms with E-state index in [-0.39, 0.29) is 12.5 Å². The molecule has 1 amide bonds. The van der Waals surface area contributed by atoms with Crippen LogP contribution in [0.2, 0.25) is 0 Å². The van der Waals surface area contributed by atoms with E-state index < -0.39 is 29.5 Å². The number of benzene rings is 1. The summed E-state index contributed by atoms with van der Waals surface area (Å²) in [5.74, 6) is -2.21. The minimum Gasteiger partial charge on any atom is -0.550 e. The first-order valence-electron chi connectivity index (χ1n) is 7.62. The van der Waals surface area contributed by atoms with Gasteiger partial charge in [0.15, 0.2) is 0 Å². The molecule has 0 radical (unpaired) electrons. The normalized spacial score (nSPS) is 33.0. The summed E-state index contributed by atoms with van der Waals surface area (Å²) in [5.41, 5.74) is -0.345. The number of carbonyl (C=O) groups is 2. The molecule has 0 aliphatic carbocycles. The zero-order valence-corrected chi connectivity index (χ0v) is 13.2. The maximum atomic E-state index is 12.9. The number of amides is 1. The molecule has 3 aliphatic rings. The molecule has 2 fully saturated rings. The van der Waals surface area contributed by atoms with E-state index >= 15 is 0 Å². The predicted molar refractivity (Wildman–Crippen MR) is 80.6 cm³/mol. The second-order valence-corrected chi connectivity index (χ2v) is 6.18. The first-order chi connectivity index (χ1) is 11.5. The number of carboxylic acids is 1. The van der Waals surface area contributed by atoms with Crippen molar-refractivity contribution in [3.05, 3.63) is 30.4 Å². The number of rotatable bonds is 4. The highest BCUT2D eigenvalue weighted by molar-refractivity contribution is 6.03. The number of methoxy groups -OCH3 is 2. The zero-order chi connectivity index (χ0) is 17.1. The molecular formula is C17H16NO6-. The Morgan fingerprint density at radius 2 is 2.17 bits per heavy atom. The summed E-state index contributed by atoms with van der Waals surface area (Å²) in [7, 11) is 3.05. The average molecular weight is 330 g/mol. The Hall–Kier alpha value is -2.54. The predicted octanol–water partition coefficient (Wildman–Crippen LogP) is -0.260. The average Bonchev–Trinajstić information content (AvgIpc) is 3.22. The van der Waals surface area contributed by atoms with Crippen molar-refractivity contribution in [2.45, 2.75) is 11.7 Å². The molecule has 3 aliphatic heterocycles. The summed E-state index contributed by atoms with van der Waals surface area (Å²) in [6, 6.07) is 5.12. The van der Waals surface area contributed by atoms with Crippen molar-refractivity contribution in [1.82, 2.24) is 0 Å².